The summed E-state index contributed by atoms with van der Waals surface area (Å²) in [5.41, 5.74) is 7.06. The molecule has 122 valence electrons. The fourth-order valence-corrected chi connectivity index (χ4v) is 3.58. The SMILES string of the molecule is N[C@H](C(=O)N(Cc1cccs1)C[C@@H]1CCCO1)c1ccccc1. The van der Waals surface area contributed by atoms with Gasteiger partial charge in [0.1, 0.15) is 6.04 Å². The lowest BCUT2D eigenvalue weighted by Gasteiger charge is -2.27. The van der Waals surface area contributed by atoms with Crippen molar-refractivity contribution in [1.29, 1.82) is 0 Å². The van der Waals surface area contributed by atoms with Crippen molar-refractivity contribution in [2.24, 2.45) is 5.73 Å². The standard InChI is InChI=1S/C18H22N2O2S/c19-17(14-6-2-1-3-7-14)18(21)20(12-15-8-4-10-22-15)13-16-9-5-11-23-16/h1-3,5-7,9,11,15,17H,4,8,10,12-13,19H2/t15-,17-/m0/s1. The highest BCUT2D eigenvalue weighted by atomic mass is 32.1. The van der Waals surface area contributed by atoms with E-state index in [2.05, 4.69) is 6.07 Å². The van der Waals surface area contributed by atoms with Gasteiger partial charge in [0.15, 0.2) is 0 Å². The summed E-state index contributed by atoms with van der Waals surface area (Å²) in [6.45, 7) is 1.99. The molecular formula is C18H22N2O2S. The molecule has 2 N–H and O–H groups in total. The molecule has 1 saturated heterocycles. The Morgan fingerprint density at radius 1 is 1.30 bits per heavy atom. The second kappa shape index (κ2) is 7.73. The van der Waals surface area contributed by atoms with Crippen molar-refractivity contribution in [2.45, 2.75) is 31.5 Å². The van der Waals surface area contributed by atoms with Gasteiger partial charge in [-0.1, -0.05) is 36.4 Å². The minimum absolute atomic E-state index is 0.0416. The molecule has 0 unspecified atom stereocenters. The van der Waals surface area contributed by atoms with Crippen molar-refractivity contribution >= 4 is 17.2 Å². The monoisotopic (exact) mass is 330 g/mol. The number of hydrogen-bond donors (Lipinski definition) is 1. The molecule has 0 radical (unpaired) electrons. The second-order valence-corrected chi connectivity index (χ2v) is 6.85. The van der Waals surface area contributed by atoms with Crippen LogP contribution in [0.3, 0.4) is 0 Å². The van der Waals surface area contributed by atoms with Gasteiger partial charge in [0.25, 0.3) is 0 Å². The van der Waals surface area contributed by atoms with E-state index in [0.717, 1.165) is 29.9 Å². The van der Waals surface area contributed by atoms with Crippen LogP contribution in [0.4, 0.5) is 0 Å². The number of hydrogen-bond acceptors (Lipinski definition) is 4. The van der Waals surface area contributed by atoms with E-state index in [1.807, 2.05) is 46.7 Å². The van der Waals surface area contributed by atoms with Crippen LogP contribution >= 0.6 is 11.3 Å². The zero-order valence-electron chi connectivity index (χ0n) is 13.1. The number of rotatable bonds is 6. The molecular weight excluding hydrogens is 308 g/mol. The Hall–Kier alpha value is -1.69. The third kappa shape index (κ3) is 4.19. The lowest BCUT2D eigenvalue weighted by Crippen LogP contribution is -2.42. The van der Waals surface area contributed by atoms with Crippen LogP contribution in [0.25, 0.3) is 0 Å². The van der Waals surface area contributed by atoms with Crippen molar-refractivity contribution in [2.75, 3.05) is 13.2 Å². The Morgan fingerprint density at radius 2 is 2.13 bits per heavy atom. The van der Waals surface area contributed by atoms with Crippen LogP contribution in [0.15, 0.2) is 47.8 Å². The number of carbonyl (C=O) groups excluding carboxylic acids is 1. The van der Waals surface area contributed by atoms with Crippen LogP contribution in [-0.4, -0.2) is 30.1 Å². The number of nitrogens with zero attached hydrogens (tertiary/aromatic N) is 1. The molecule has 2 aromatic rings. The molecule has 0 bridgehead atoms. The molecule has 1 amide bonds. The van der Waals surface area contributed by atoms with E-state index in [-0.39, 0.29) is 12.0 Å². The van der Waals surface area contributed by atoms with Crippen molar-refractivity contribution in [3.05, 3.63) is 58.3 Å². The summed E-state index contributed by atoms with van der Waals surface area (Å²) < 4.78 is 5.71. The molecule has 0 spiro atoms. The third-order valence-corrected chi connectivity index (χ3v) is 4.97. The molecule has 1 aliphatic heterocycles. The van der Waals surface area contributed by atoms with Gasteiger partial charge in [-0.05, 0) is 29.9 Å². The molecule has 2 atom stereocenters. The number of amides is 1. The van der Waals surface area contributed by atoms with Crippen LogP contribution in [-0.2, 0) is 16.1 Å². The largest absolute Gasteiger partial charge is 0.376 e. The maximum atomic E-state index is 12.9. The number of thiophene rings is 1. The molecule has 1 fully saturated rings. The Morgan fingerprint density at radius 3 is 2.78 bits per heavy atom. The van der Waals surface area contributed by atoms with Crippen molar-refractivity contribution < 1.29 is 9.53 Å². The van der Waals surface area contributed by atoms with Gasteiger partial charge in [-0.15, -0.1) is 11.3 Å². The van der Waals surface area contributed by atoms with Crippen LogP contribution in [0.5, 0.6) is 0 Å². The zero-order valence-corrected chi connectivity index (χ0v) is 13.9. The normalized spacial score (nSPS) is 18.7. The zero-order chi connectivity index (χ0) is 16.1. The maximum Gasteiger partial charge on any atom is 0.244 e. The van der Waals surface area contributed by atoms with Gasteiger partial charge in [-0.25, -0.2) is 0 Å². The van der Waals surface area contributed by atoms with Gasteiger partial charge >= 0.3 is 0 Å². The summed E-state index contributed by atoms with van der Waals surface area (Å²) in [4.78, 5) is 15.9. The van der Waals surface area contributed by atoms with Crippen LogP contribution < -0.4 is 5.73 Å². The molecule has 1 aromatic heterocycles. The van der Waals surface area contributed by atoms with Crippen LogP contribution in [0.1, 0.15) is 29.3 Å². The van der Waals surface area contributed by atoms with E-state index in [4.69, 9.17) is 10.5 Å². The first-order chi connectivity index (χ1) is 11.2. The maximum absolute atomic E-state index is 12.9. The van der Waals surface area contributed by atoms with E-state index >= 15 is 0 Å². The molecule has 2 heterocycles. The summed E-state index contributed by atoms with van der Waals surface area (Å²) in [6.07, 6.45) is 2.20. The van der Waals surface area contributed by atoms with Gasteiger partial charge in [0.05, 0.1) is 12.6 Å². The average Bonchev–Trinajstić information content (AvgIpc) is 3.27. The summed E-state index contributed by atoms with van der Waals surface area (Å²) >= 11 is 1.66. The molecule has 3 rings (SSSR count). The van der Waals surface area contributed by atoms with Crippen LogP contribution in [0, 0.1) is 0 Å². The Kier molecular flexibility index (Phi) is 5.43. The number of ether oxygens (including phenoxy) is 1. The van der Waals surface area contributed by atoms with E-state index in [1.54, 1.807) is 11.3 Å². The Bertz CT molecular complexity index is 609. The lowest BCUT2D eigenvalue weighted by molar-refractivity contribution is -0.135. The minimum atomic E-state index is -0.627. The highest BCUT2D eigenvalue weighted by molar-refractivity contribution is 7.09. The van der Waals surface area contributed by atoms with Crippen molar-refractivity contribution in [3.8, 4) is 0 Å². The number of nitrogens with two attached hydrogens (primary N) is 1. The fourth-order valence-electron chi connectivity index (χ4n) is 2.86. The van der Waals surface area contributed by atoms with Gasteiger partial charge in [0, 0.05) is 18.0 Å². The Labute approximate surface area is 140 Å². The molecule has 0 aliphatic carbocycles. The molecule has 1 aromatic carbocycles. The smallest absolute Gasteiger partial charge is 0.244 e. The lowest BCUT2D eigenvalue weighted by atomic mass is 10.1. The molecule has 5 heteroatoms. The first-order valence-corrected chi connectivity index (χ1v) is 8.85. The second-order valence-electron chi connectivity index (χ2n) is 5.82. The summed E-state index contributed by atoms with van der Waals surface area (Å²) in [5.74, 6) is -0.0416. The molecule has 1 aliphatic rings. The highest BCUT2D eigenvalue weighted by Crippen LogP contribution is 2.20. The molecule has 0 saturated carbocycles. The predicted octanol–water partition coefficient (Wildman–Crippen LogP) is 2.96. The first kappa shape index (κ1) is 16.2. The highest BCUT2D eigenvalue weighted by Gasteiger charge is 2.27. The summed E-state index contributed by atoms with van der Waals surface area (Å²) in [5, 5.41) is 2.03. The first-order valence-electron chi connectivity index (χ1n) is 7.97. The third-order valence-electron chi connectivity index (χ3n) is 4.11. The van der Waals surface area contributed by atoms with Gasteiger partial charge < -0.3 is 15.4 Å². The predicted molar refractivity (Wildman–Crippen MR) is 92.1 cm³/mol. The summed E-state index contributed by atoms with van der Waals surface area (Å²) in [6, 6.07) is 13.0. The van der Waals surface area contributed by atoms with E-state index in [9.17, 15) is 4.79 Å². The van der Waals surface area contributed by atoms with E-state index in [1.165, 1.54) is 0 Å². The average molecular weight is 330 g/mol. The Balaban J connectivity index is 1.74. The van der Waals surface area contributed by atoms with Crippen molar-refractivity contribution in [3.63, 3.8) is 0 Å². The quantitative estimate of drug-likeness (QED) is 0.886. The number of benzene rings is 1. The van der Waals surface area contributed by atoms with Gasteiger partial charge in [-0.3, -0.25) is 4.79 Å². The topological polar surface area (TPSA) is 55.6 Å². The van der Waals surface area contributed by atoms with Gasteiger partial charge in [-0.2, -0.15) is 0 Å². The minimum Gasteiger partial charge on any atom is -0.376 e. The molecule has 23 heavy (non-hydrogen) atoms. The fraction of sp³-hybridized carbons (Fsp3) is 0.389. The van der Waals surface area contributed by atoms with Gasteiger partial charge in [0.2, 0.25) is 5.91 Å². The molecule has 4 nitrogen and oxygen atoms in total. The van der Waals surface area contributed by atoms with Crippen molar-refractivity contribution in [1.82, 2.24) is 4.90 Å². The van der Waals surface area contributed by atoms with E-state index in [0.29, 0.717) is 13.1 Å². The van der Waals surface area contributed by atoms with E-state index < -0.39 is 6.04 Å². The number of carbonyl (C=O) groups is 1. The summed E-state index contributed by atoms with van der Waals surface area (Å²) in [7, 11) is 0. The van der Waals surface area contributed by atoms with Crippen LogP contribution in [0.2, 0.25) is 0 Å².